The van der Waals surface area contributed by atoms with Gasteiger partial charge in [0.15, 0.2) is 0 Å². The Hall–Kier alpha value is -2.82. The second-order valence-electron chi connectivity index (χ2n) is 6.12. The zero-order valence-corrected chi connectivity index (χ0v) is 14.5. The molecular weight excluding hydrogens is 316 g/mol. The summed E-state index contributed by atoms with van der Waals surface area (Å²) in [7, 11) is 1.62. The topological polar surface area (TPSA) is 49.9 Å². The summed E-state index contributed by atoms with van der Waals surface area (Å²) < 4.78 is 5.21. The Bertz CT molecular complexity index is 743. The quantitative estimate of drug-likeness (QED) is 0.865. The van der Waals surface area contributed by atoms with Crippen molar-refractivity contribution in [3.63, 3.8) is 0 Å². The summed E-state index contributed by atoms with van der Waals surface area (Å²) in [6.07, 6.45) is 0. The van der Waals surface area contributed by atoms with E-state index < -0.39 is 0 Å². The zero-order chi connectivity index (χ0) is 17.8. The normalized spacial score (nSPS) is 17.3. The summed E-state index contributed by atoms with van der Waals surface area (Å²) in [5.41, 5.74) is 1.66. The van der Waals surface area contributed by atoms with Crippen molar-refractivity contribution >= 4 is 11.8 Å². The molecule has 0 aliphatic carbocycles. The highest BCUT2D eigenvalue weighted by Gasteiger charge is 2.33. The van der Waals surface area contributed by atoms with Crippen molar-refractivity contribution in [1.82, 2.24) is 9.80 Å². The van der Waals surface area contributed by atoms with E-state index in [1.54, 1.807) is 18.9 Å². The maximum Gasteiger partial charge on any atom is 0.254 e. The fourth-order valence-corrected chi connectivity index (χ4v) is 3.17. The van der Waals surface area contributed by atoms with Gasteiger partial charge in [-0.25, -0.2) is 0 Å². The van der Waals surface area contributed by atoms with Crippen molar-refractivity contribution < 1.29 is 14.3 Å². The van der Waals surface area contributed by atoms with Gasteiger partial charge in [-0.1, -0.05) is 30.3 Å². The molecule has 2 amide bonds. The molecule has 25 heavy (non-hydrogen) atoms. The van der Waals surface area contributed by atoms with Gasteiger partial charge in [-0.3, -0.25) is 9.59 Å². The first-order chi connectivity index (χ1) is 12.1. The fraction of sp³-hybridized carbons (Fsp3) is 0.300. The number of rotatable bonds is 3. The maximum atomic E-state index is 13.0. The molecule has 0 aromatic heterocycles. The van der Waals surface area contributed by atoms with Crippen LogP contribution in [0.2, 0.25) is 0 Å². The predicted molar refractivity (Wildman–Crippen MR) is 95.5 cm³/mol. The van der Waals surface area contributed by atoms with Gasteiger partial charge in [0.05, 0.1) is 13.2 Å². The van der Waals surface area contributed by atoms with Crippen LogP contribution in [0.1, 0.15) is 28.9 Å². The highest BCUT2D eigenvalue weighted by Crippen LogP contribution is 2.28. The lowest BCUT2D eigenvalue weighted by Gasteiger charge is -2.41. The van der Waals surface area contributed by atoms with Crippen molar-refractivity contribution in [2.45, 2.75) is 13.0 Å². The Labute approximate surface area is 147 Å². The van der Waals surface area contributed by atoms with Crippen LogP contribution in [-0.2, 0) is 4.79 Å². The Balaban J connectivity index is 1.91. The van der Waals surface area contributed by atoms with E-state index in [-0.39, 0.29) is 17.9 Å². The van der Waals surface area contributed by atoms with Gasteiger partial charge in [-0.05, 0) is 29.8 Å². The number of amides is 2. The molecule has 5 heteroatoms. The van der Waals surface area contributed by atoms with E-state index in [0.717, 1.165) is 11.3 Å². The first kappa shape index (κ1) is 17.0. The third kappa shape index (κ3) is 3.65. The molecule has 0 bridgehead atoms. The van der Waals surface area contributed by atoms with Crippen LogP contribution < -0.4 is 4.74 Å². The standard InChI is InChI=1S/C20H22N2O3/c1-15(23)21-12-13-22(20(24)17-6-4-3-5-7-17)19(14-21)16-8-10-18(25-2)11-9-16/h3-11,19H,12-14H2,1-2H3/t19-/m0/s1. The lowest BCUT2D eigenvalue weighted by Crippen LogP contribution is -2.51. The van der Waals surface area contributed by atoms with Crippen LogP contribution >= 0.6 is 0 Å². The summed E-state index contributed by atoms with van der Waals surface area (Å²) in [5.74, 6) is 0.791. The molecule has 1 aliphatic rings. The van der Waals surface area contributed by atoms with Gasteiger partial charge in [0.1, 0.15) is 5.75 Å². The van der Waals surface area contributed by atoms with E-state index >= 15 is 0 Å². The van der Waals surface area contributed by atoms with E-state index in [1.165, 1.54) is 0 Å². The molecule has 1 saturated heterocycles. The molecule has 1 aliphatic heterocycles. The summed E-state index contributed by atoms with van der Waals surface area (Å²) in [6, 6.07) is 16.8. The number of carbonyl (C=O) groups is 2. The number of carbonyl (C=O) groups excluding carboxylic acids is 2. The Morgan fingerprint density at radius 3 is 2.28 bits per heavy atom. The second-order valence-corrected chi connectivity index (χ2v) is 6.12. The number of piperazine rings is 1. The van der Waals surface area contributed by atoms with Crippen LogP contribution in [0.5, 0.6) is 5.75 Å². The van der Waals surface area contributed by atoms with Crippen LogP contribution in [0.3, 0.4) is 0 Å². The molecule has 2 aromatic carbocycles. The third-order valence-corrected chi connectivity index (χ3v) is 4.61. The highest BCUT2D eigenvalue weighted by molar-refractivity contribution is 5.94. The van der Waals surface area contributed by atoms with Crippen molar-refractivity contribution in [2.24, 2.45) is 0 Å². The fourth-order valence-electron chi connectivity index (χ4n) is 3.17. The second kappa shape index (κ2) is 7.38. The molecule has 1 atom stereocenters. The Kier molecular flexibility index (Phi) is 5.03. The van der Waals surface area contributed by atoms with Crippen molar-refractivity contribution in [3.8, 4) is 5.75 Å². The summed E-state index contributed by atoms with van der Waals surface area (Å²) in [5, 5.41) is 0. The summed E-state index contributed by atoms with van der Waals surface area (Å²) in [4.78, 5) is 28.5. The highest BCUT2D eigenvalue weighted by atomic mass is 16.5. The molecular formula is C20H22N2O3. The van der Waals surface area contributed by atoms with E-state index in [1.807, 2.05) is 59.5 Å². The van der Waals surface area contributed by atoms with Gasteiger partial charge in [-0.2, -0.15) is 0 Å². The van der Waals surface area contributed by atoms with E-state index in [9.17, 15) is 9.59 Å². The molecule has 0 radical (unpaired) electrons. The summed E-state index contributed by atoms with van der Waals surface area (Å²) in [6.45, 7) is 3.14. The van der Waals surface area contributed by atoms with Crippen molar-refractivity contribution in [3.05, 3.63) is 65.7 Å². The number of methoxy groups -OCH3 is 1. The largest absolute Gasteiger partial charge is 0.497 e. The molecule has 0 saturated carbocycles. The monoisotopic (exact) mass is 338 g/mol. The van der Waals surface area contributed by atoms with E-state index in [0.29, 0.717) is 25.2 Å². The maximum absolute atomic E-state index is 13.0. The van der Waals surface area contributed by atoms with E-state index in [4.69, 9.17) is 4.74 Å². The van der Waals surface area contributed by atoms with Gasteiger partial charge in [0.25, 0.3) is 5.91 Å². The first-order valence-electron chi connectivity index (χ1n) is 8.35. The van der Waals surface area contributed by atoms with Gasteiger partial charge in [0, 0.05) is 32.1 Å². The molecule has 130 valence electrons. The minimum absolute atomic E-state index is 0.00961. The van der Waals surface area contributed by atoms with Crippen molar-refractivity contribution in [2.75, 3.05) is 26.7 Å². The number of ether oxygens (including phenoxy) is 1. The Morgan fingerprint density at radius 2 is 1.68 bits per heavy atom. The molecule has 5 nitrogen and oxygen atoms in total. The predicted octanol–water partition coefficient (Wildman–Crippen LogP) is 2.74. The summed E-state index contributed by atoms with van der Waals surface area (Å²) >= 11 is 0. The lowest BCUT2D eigenvalue weighted by molar-refractivity contribution is -0.131. The Morgan fingerprint density at radius 1 is 1.00 bits per heavy atom. The van der Waals surface area contributed by atoms with Crippen LogP contribution in [0, 0.1) is 0 Å². The zero-order valence-electron chi connectivity index (χ0n) is 14.5. The molecule has 3 rings (SSSR count). The lowest BCUT2D eigenvalue weighted by atomic mass is 10.0. The van der Waals surface area contributed by atoms with Crippen LogP contribution in [0.15, 0.2) is 54.6 Å². The number of hydrogen-bond donors (Lipinski definition) is 0. The molecule has 0 N–H and O–H groups in total. The molecule has 0 spiro atoms. The van der Waals surface area contributed by atoms with Gasteiger partial charge in [-0.15, -0.1) is 0 Å². The average Bonchev–Trinajstić information content (AvgIpc) is 2.67. The number of nitrogens with zero attached hydrogens (tertiary/aromatic N) is 2. The van der Waals surface area contributed by atoms with Crippen LogP contribution in [0.4, 0.5) is 0 Å². The van der Waals surface area contributed by atoms with Crippen LogP contribution in [0.25, 0.3) is 0 Å². The van der Waals surface area contributed by atoms with Gasteiger partial charge < -0.3 is 14.5 Å². The SMILES string of the molecule is COc1ccc([C@@H]2CN(C(C)=O)CCN2C(=O)c2ccccc2)cc1. The molecule has 1 fully saturated rings. The smallest absolute Gasteiger partial charge is 0.254 e. The number of benzene rings is 2. The van der Waals surface area contributed by atoms with Gasteiger partial charge >= 0.3 is 0 Å². The minimum Gasteiger partial charge on any atom is -0.497 e. The molecule has 1 heterocycles. The first-order valence-corrected chi connectivity index (χ1v) is 8.35. The van der Waals surface area contributed by atoms with Crippen molar-refractivity contribution in [1.29, 1.82) is 0 Å². The number of hydrogen-bond acceptors (Lipinski definition) is 3. The minimum atomic E-state index is -0.170. The molecule has 2 aromatic rings. The van der Waals surface area contributed by atoms with E-state index in [2.05, 4.69) is 0 Å². The average molecular weight is 338 g/mol. The third-order valence-electron chi connectivity index (χ3n) is 4.61. The molecule has 0 unspecified atom stereocenters. The van der Waals surface area contributed by atoms with Gasteiger partial charge in [0.2, 0.25) is 5.91 Å². The van der Waals surface area contributed by atoms with Crippen LogP contribution in [-0.4, -0.2) is 48.4 Å².